The Kier molecular flexibility index (Phi) is 10.4. The van der Waals surface area contributed by atoms with Gasteiger partial charge in [0.25, 0.3) is 0 Å². The molecule has 0 aromatic rings. The molecule has 8 rings (SSSR count). The molecule has 52 heavy (non-hydrogen) atoms. The molecule has 13 heteroatoms. The highest BCUT2D eigenvalue weighted by Crippen LogP contribution is 2.71. The Bertz CT molecular complexity index is 1260. The van der Waals surface area contributed by atoms with Gasteiger partial charge in [-0.1, -0.05) is 27.7 Å². The Morgan fingerprint density at radius 1 is 0.673 bits per heavy atom. The van der Waals surface area contributed by atoms with Gasteiger partial charge in [-0.25, -0.2) is 0 Å². The van der Waals surface area contributed by atoms with Crippen LogP contribution in [0.3, 0.4) is 0 Å². The minimum absolute atomic E-state index is 0.188. The van der Waals surface area contributed by atoms with Gasteiger partial charge in [-0.2, -0.15) is 0 Å². The SMILES string of the molecule is C[C@@H]1CC[C@@]2(OC1)OC1CC3C4CC[C@H]5C[C@@H](O[C@@H]6O[C@H](CO)[C@@H](O[C@@H]7O[C@H](CO)[C@@H](O)[C@H](O)[C@H]7O)[C@H](O)[C@H]6O)CC[C@]5(C)C4CC[C@]3(C)C1[C@@H]2C. The summed E-state index contributed by atoms with van der Waals surface area (Å²) in [4.78, 5) is 0. The van der Waals surface area contributed by atoms with E-state index in [1.54, 1.807) is 0 Å². The van der Waals surface area contributed by atoms with Crippen LogP contribution in [0.25, 0.3) is 0 Å². The molecule has 4 heterocycles. The second-order valence-electron chi connectivity index (χ2n) is 18.7. The molecule has 0 amide bonds. The van der Waals surface area contributed by atoms with E-state index < -0.39 is 80.4 Å². The zero-order valence-electron chi connectivity index (χ0n) is 31.2. The standard InChI is InChI=1S/C39H64O13/c1-18-7-12-39(47-17-18)19(2)28-25(52-39)14-24-22-6-5-20-13-21(8-10-37(20,3)23(22)9-11-38(24,28)4)48-35-33(46)31(44)34(27(16-41)50-35)51-36-32(45)30(43)29(42)26(15-40)49-36/h18-36,40-46H,5-17H2,1-4H3/t18-,19+,20+,21+,22?,23?,24?,25?,26-,27-,28?,29-,30+,31-,32-,33-,34-,35-,36+,37+,38+,39-/m1/s1. The molecule has 4 aliphatic carbocycles. The lowest BCUT2D eigenvalue weighted by Crippen LogP contribution is -2.65. The Morgan fingerprint density at radius 3 is 2.08 bits per heavy atom. The number of fused-ring (bicyclic) bond motifs is 7. The summed E-state index contributed by atoms with van der Waals surface area (Å²) < 4.78 is 37.0. The van der Waals surface area contributed by atoms with Crippen molar-refractivity contribution in [3.05, 3.63) is 0 Å². The summed E-state index contributed by atoms with van der Waals surface area (Å²) in [7, 11) is 0. The highest BCUT2D eigenvalue weighted by Gasteiger charge is 2.69. The molecule has 0 radical (unpaired) electrons. The predicted octanol–water partition coefficient (Wildman–Crippen LogP) is 1.44. The van der Waals surface area contributed by atoms with Crippen LogP contribution in [0.5, 0.6) is 0 Å². The maximum absolute atomic E-state index is 11.2. The number of ether oxygens (including phenoxy) is 6. The van der Waals surface area contributed by atoms with Crippen molar-refractivity contribution in [3.63, 3.8) is 0 Å². The van der Waals surface area contributed by atoms with Crippen LogP contribution in [0.2, 0.25) is 0 Å². The van der Waals surface area contributed by atoms with Gasteiger partial charge in [0, 0.05) is 12.3 Å². The highest BCUT2D eigenvalue weighted by atomic mass is 16.7. The monoisotopic (exact) mass is 740 g/mol. The van der Waals surface area contributed by atoms with Gasteiger partial charge in [-0.05, 0) is 104 Å². The lowest BCUT2D eigenvalue weighted by Gasteiger charge is -2.61. The fourth-order valence-corrected chi connectivity index (χ4v) is 13.2. The molecular formula is C39H64O13. The van der Waals surface area contributed by atoms with Crippen molar-refractivity contribution in [2.24, 2.45) is 52.3 Å². The van der Waals surface area contributed by atoms with Crippen LogP contribution in [0, 0.1) is 52.3 Å². The largest absolute Gasteiger partial charge is 0.394 e. The van der Waals surface area contributed by atoms with Crippen molar-refractivity contribution in [1.29, 1.82) is 0 Å². The lowest BCUT2D eigenvalue weighted by atomic mass is 9.44. The van der Waals surface area contributed by atoms with Gasteiger partial charge in [0.1, 0.15) is 48.8 Å². The van der Waals surface area contributed by atoms with Gasteiger partial charge in [0.15, 0.2) is 18.4 Å². The van der Waals surface area contributed by atoms with E-state index in [4.69, 9.17) is 28.4 Å². The lowest BCUT2D eigenvalue weighted by molar-refractivity contribution is -0.364. The van der Waals surface area contributed by atoms with Gasteiger partial charge in [0.2, 0.25) is 0 Å². The molecule has 0 aromatic heterocycles. The first-order valence-corrected chi connectivity index (χ1v) is 20.3. The first-order chi connectivity index (χ1) is 24.7. The smallest absolute Gasteiger partial charge is 0.187 e. The van der Waals surface area contributed by atoms with Gasteiger partial charge in [-0.15, -0.1) is 0 Å². The average Bonchev–Trinajstić information content (AvgIpc) is 3.58. The molecule has 0 bridgehead atoms. The van der Waals surface area contributed by atoms with E-state index in [0.29, 0.717) is 41.4 Å². The topological polar surface area (TPSA) is 197 Å². The van der Waals surface area contributed by atoms with Gasteiger partial charge in [-0.3, -0.25) is 0 Å². The Labute approximate surface area is 307 Å². The summed E-state index contributed by atoms with van der Waals surface area (Å²) in [5.41, 5.74) is 0.468. The molecule has 0 aromatic carbocycles. The van der Waals surface area contributed by atoms with E-state index >= 15 is 0 Å². The first kappa shape index (κ1) is 38.4. The number of rotatable bonds is 6. The zero-order valence-corrected chi connectivity index (χ0v) is 31.2. The van der Waals surface area contributed by atoms with Crippen LogP contribution in [0.1, 0.15) is 91.9 Å². The summed E-state index contributed by atoms with van der Waals surface area (Å²) in [6.45, 7) is 9.33. The fraction of sp³-hybridized carbons (Fsp3) is 1.00. The normalized spacial score (nSPS) is 59.0. The van der Waals surface area contributed by atoms with Crippen LogP contribution in [0.4, 0.5) is 0 Å². The fourth-order valence-electron chi connectivity index (χ4n) is 13.2. The summed E-state index contributed by atoms with van der Waals surface area (Å²) in [6, 6.07) is 0. The average molecular weight is 741 g/mol. The number of hydrogen-bond acceptors (Lipinski definition) is 13. The van der Waals surface area contributed by atoms with Crippen LogP contribution < -0.4 is 0 Å². The van der Waals surface area contributed by atoms with E-state index in [2.05, 4.69) is 27.7 Å². The number of hydrogen-bond donors (Lipinski definition) is 7. The molecule has 1 spiro atoms. The van der Waals surface area contributed by atoms with Crippen LogP contribution in [-0.4, -0.2) is 135 Å². The van der Waals surface area contributed by atoms with Gasteiger partial charge >= 0.3 is 0 Å². The minimum atomic E-state index is -1.71. The van der Waals surface area contributed by atoms with Crippen molar-refractivity contribution in [3.8, 4) is 0 Å². The Balaban J connectivity index is 0.892. The first-order valence-electron chi connectivity index (χ1n) is 20.3. The van der Waals surface area contributed by atoms with Gasteiger partial charge in [0.05, 0.1) is 32.0 Å². The third-order valence-corrected chi connectivity index (χ3v) is 16.2. The minimum Gasteiger partial charge on any atom is -0.394 e. The van der Waals surface area contributed by atoms with E-state index in [-0.39, 0.29) is 23.0 Å². The summed E-state index contributed by atoms with van der Waals surface area (Å²) in [5.74, 6) is 3.63. The van der Waals surface area contributed by atoms with E-state index in [1.165, 1.54) is 25.7 Å². The predicted molar refractivity (Wildman–Crippen MR) is 183 cm³/mol. The molecule has 4 saturated heterocycles. The molecular weight excluding hydrogens is 676 g/mol. The quantitative estimate of drug-likeness (QED) is 0.194. The Morgan fingerprint density at radius 2 is 1.37 bits per heavy atom. The molecule has 13 nitrogen and oxygen atoms in total. The van der Waals surface area contributed by atoms with Crippen molar-refractivity contribution in [1.82, 2.24) is 0 Å². The number of aliphatic hydroxyl groups is 7. The molecule has 5 unspecified atom stereocenters. The molecule has 298 valence electrons. The summed E-state index contributed by atoms with van der Waals surface area (Å²) in [6.07, 6.45) is -3.66. The summed E-state index contributed by atoms with van der Waals surface area (Å²) in [5, 5.41) is 72.8. The molecule has 4 saturated carbocycles. The van der Waals surface area contributed by atoms with Gasteiger partial charge < -0.3 is 64.2 Å². The van der Waals surface area contributed by atoms with E-state index in [1.807, 2.05) is 0 Å². The molecule has 8 fully saturated rings. The maximum atomic E-state index is 11.2. The second-order valence-corrected chi connectivity index (χ2v) is 18.7. The Hall–Kier alpha value is -0.520. The van der Waals surface area contributed by atoms with Crippen LogP contribution in [0.15, 0.2) is 0 Å². The molecule has 8 aliphatic rings. The van der Waals surface area contributed by atoms with Crippen molar-refractivity contribution >= 4 is 0 Å². The van der Waals surface area contributed by atoms with Crippen molar-refractivity contribution in [2.45, 2.75) is 171 Å². The molecule has 4 aliphatic heterocycles. The maximum Gasteiger partial charge on any atom is 0.187 e. The van der Waals surface area contributed by atoms with Crippen LogP contribution in [-0.2, 0) is 28.4 Å². The van der Waals surface area contributed by atoms with Crippen molar-refractivity contribution < 1.29 is 64.2 Å². The summed E-state index contributed by atoms with van der Waals surface area (Å²) >= 11 is 0. The molecule has 7 N–H and O–H groups in total. The highest BCUT2D eigenvalue weighted by molar-refractivity contribution is 5.15. The van der Waals surface area contributed by atoms with E-state index in [0.717, 1.165) is 45.1 Å². The zero-order chi connectivity index (χ0) is 36.9. The second kappa shape index (κ2) is 14.1. The molecule has 22 atom stereocenters. The third kappa shape index (κ3) is 5.98. The third-order valence-electron chi connectivity index (χ3n) is 16.2. The number of aliphatic hydroxyl groups excluding tert-OH is 7. The van der Waals surface area contributed by atoms with Crippen LogP contribution >= 0.6 is 0 Å². The van der Waals surface area contributed by atoms with E-state index in [9.17, 15) is 35.7 Å². The van der Waals surface area contributed by atoms with Crippen molar-refractivity contribution in [2.75, 3.05) is 19.8 Å².